The van der Waals surface area contributed by atoms with E-state index in [1.165, 1.54) is 30.2 Å². The van der Waals surface area contributed by atoms with Gasteiger partial charge in [-0.2, -0.15) is 0 Å². The van der Waals surface area contributed by atoms with E-state index < -0.39 is 34.4 Å². The average molecular weight is 643 g/mol. The van der Waals surface area contributed by atoms with Crippen LogP contribution in [0.2, 0.25) is 0 Å². The number of piperidine rings is 1. The van der Waals surface area contributed by atoms with Crippen molar-refractivity contribution in [2.75, 3.05) is 62.7 Å². The highest BCUT2D eigenvalue weighted by Gasteiger charge is 2.60. The molecule has 0 spiro atoms. The minimum Gasteiger partial charge on any atom is -0.503 e. The predicted molar refractivity (Wildman–Crippen MR) is 173 cm³/mol. The average Bonchev–Trinajstić information content (AvgIpc) is 3.02. The van der Waals surface area contributed by atoms with Gasteiger partial charge < -0.3 is 24.4 Å². The molecule has 0 aromatic heterocycles. The number of benzene rings is 2. The van der Waals surface area contributed by atoms with Gasteiger partial charge in [0.15, 0.2) is 11.6 Å². The summed E-state index contributed by atoms with van der Waals surface area (Å²) in [5.74, 6) is -1.15. The molecule has 1 atom stereocenters. The highest BCUT2D eigenvalue weighted by atomic mass is 19.1. The number of para-hydroxylation sites is 1. The normalized spacial score (nSPS) is 20.9. The summed E-state index contributed by atoms with van der Waals surface area (Å²) >= 11 is 0. The van der Waals surface area contributed by atoms with Crippen LogP contribution in [0.25, 0.3) is 0 Å². The lowest BCUT2D eigenvalue weighted by atomic mass is 9.64. The number of β-lactam (4-membered cyclic amide) rings is 1. The Labute approximate surface area is 271 Å². The van der Waals surface area contributed by atoms with E-state index in [0.717, 1.165) is 38.5 Å². The van der Waals surface area contributed by atoms with Gasteiger partial charge in [-0.1, -0.05) is 19.9 Å². The van der Waals surface area contributed by atoms with Crippen molar-refractivity contribution in [2.45, 2.75) is 71.9 Å². The third-order valence-corrected chi connectivity index (χ3v) is 10.0. The monoisotopic (exact) mass is 642 g/mol. The van der Waals surface area contributed by atoms with Crippen molar-refractivity contribution in [3.05, 3.63) is 47.5 Å². The molecule has 9 nitrogen and oxygen atoms in total. The summed E-state index contributed by atoms with van der Waals surface area (Å²) in [6.07, 6.45) is 2.55. The number of anilines is 2. The van der Waals surface area contributed by atoms with E-state index in [1.54, 1.807) is 11.0 Å². The third-order valence-electron chi connectivity index (χ3n) is 10.0. The number of aromatic hydroxyl groups is 1. The molecule has 0 saturated carbocycles. The van der Waals surface area contributed by atoms with Crippen LogP contribution < -0.4 is 14.5 Å². The van der Waals surface area contributed by atoms with Crippen LogP contribution in [0.4, 0.5) is 25.0 Å². The number of carbonyl (C=O) groups excluding carboxylic acids is 2. The van der Waals surface area contributed by atoms with Gasteiger partial charge >= 0.3 is 6.09 Å². The van der Waals surface area contributed by atoms with E-state index in [1.807, 2.05) is 39.5 Å². The first-order valence-electron chi connectivity index (χ1n) is 16.5. The molecule has 3 aliphatic heterocycles. The highest BCUT2D eigenvalue weighted by molar-refractivity contribution is 6.07. The molecule has 3 fully saturated rings. The molecule has 0 unspecified atom stereocenters. The molecule has 3 heterocycles. The Morgan fingerprint density at radius 1 is 0.978 bits per heavy atom. The zero-order valence-corrected chi connectivity index (χ0v) is 27.9. The zero-order chi connectivity index (χ0) is 33.4. The van der Waals surface area contributed by atoms with Crippen LogP contribution in [0.15, 0.2) is 30.3 Å². The lowest BCUT2D eigenvalue weighted by molar-refractivity contribution is -0.141. The summed E-state index contributed by atoms with van der Waals surface area (Å²) in [4.78, 5) is 33.6. The van der Waals surface area contributed by atoms with Gasteiger partial charge in [-0.15, -0.1) is 0 Å². The first-order chi connectivity index (χ1) is 21.8. The van der Waals surface area contributed by atoms with E-state index in [9.17, 15) is 19.1 Å². The lowest BCUT2D eigenvalue weighted by Gasteiger charge is -2.56. The summed E-state index contributed by atoms with van der Waals surface area (Å²) in [5.41, 5.74) is -0.333. The molecule has 5 rings (SSSR count). The number of piperazine rings is 1. The van der Waals surface area contributed by atoms with Crippen LogP contribution in [0.3, 0.4) is 0 Å². The van der Waals surface area contributed by atoms with Gasteiger partial charge in [-0.25, -0.2) is 13.6 Å². The fraction of sp³-hybridized carbons (Fsp3) is 0.600. The first kappa shape index (κ1) is 33.8. The Kier molecular flexibility index (Phi) is 9.73. The summed E-state index contributed by atoms with van der Waals surface area (Å²) in [6, 6.07) is 6.61. The van der Waals surface area contributed by atoms with Gasteiger partial charge in [0.2, 0.25) is 5.91 Å². The first-order valence-corrected chi connectivity index (χ1v) is 16.5. The minimum absolute atomic E-state index is 0.0624. The van der Waals surface area contributed by atoms with Gasteiger partial charge in [-0.05, 0) is 70.6 Å². The number of phenolic OH excluding ortho intramolecular Hbond substituents is 1. The molecule has 1 N–H and O–H groups in total. The van der Waals surface area contributed by atoms with Crippen LogP contribution in [0, 0.1) is 23.0 Å². The van der Waals surface area contributed by atoms with E-state index in [2.05, 4.69) is 4.90 Å². The standard InChI is InChI=1S/C35H48F2N4O5/c1-7-35(8-2)31(41(32(35)43)27-11-9-10-25(36)30(27)42)24-20-26(37)28(21-29(24)45-6)39-14-12-23(13-15-39)22-38-16-18-40(19-17-38)33(44)46-34(3,4)5/h9-11,20-21,23,31,42H,7-8,12-19,22H2,1-6H3/t31-/m0/s1. The van der Waals surface area contributed by atoms with Crippen molar-refractivity contribution in [1.82, 2.24) is 9.80 Å². The minimum atomic E-state index is -0.837. The summed E-state index contributed by atoms with van der Waals surface area (Å²) < 4.78 is 41.7. The molecule has 0 aliphatic carbocycles. The van der Waals surface area contributed by atoms with Crippen molar-refractivity contribution >= 4 is 23.4 Å². The maximum atomic E-state index is 16.0. The van der Waals surface area contributed by atoms with Gasteiger partial charge in [0.1, 0.15) is 17.2 Å². The summed E-state index contributed by atoms with van der Waals surface area (Å²) in [7, 11) is 1.53. The van der Waals surface area contributed by atoms with Crippen molar-refractivity contribution in [3.63, 3.8) is 0 Å². The number of phenols is 1. The quantitative estimate of drug-likeness (QED) is 0.337. The number of amides is 2. The van der Waals surface area contributed by atoms with Crippen molar-refractivity contribution in [1.29, 1.82) is 0 Å². The Bertz CT molecular complexity index is 1430. The van der Waals surface area contributed by atoms with Crippen molar-refractivity contribution < 1.29 is 33.0 Å². The van der Waals surface area contributed by atoms with E-state index in [4.69, 9.17) is 9.47 Å². The molecule has 0 radical (unpaired) electrons. The summed E-state index contributed by atoms with van der Waals surface area (Å²) in [5, 5.41) is 10.5. The number of rotatable bonds is 8. The number of ether oxygens (including phenoxy) is 2. The van der Waals surface area contributed by atoms with Crippen LogP contribution in [0.1, 0.15) is 71.9 Å². The molecule has 3 saturated heterocycles. The lowest BCUT2D eigenvalue weighted by Crippen LogP contribution is -2.63. The predicted octanol–water partition coefficient (Wildman–Crippen LogP) is 6.34. The fourth-order valence-corrected chi connectivity index (χ4v) is 7.33. The molecule has 0 bridgehead atoms. The molecule has 2 aromatic carbocycles. The zero-order valence-electron chi connectivity index (χ0n) is 27.9. The second-order valence-electron chi connectivity index (χ2n) is 13.8. The maximum absolute atomic E-state index is 16.0. The molecule has 3 aliphatic rings. The number of hydrogen-bond donors (Lipinski definition) is 1. The van der Waals surface area contributed by atoms with Gasteiger partial charge in [-0.3, -0.25) is 14.6 Å². The van der Waals surface area contributed by atoms with Crippen LogP contribution in [-0.4, -0.2) is 85.4 Å². The van der Waals surface area contributed by atoms with Gasteiger partial charge in [0, 0.05) is 57.4 Å². The number of halogens is 2. The molecule has 46 heavy (non-hydrogen) atoms. The molecule has 11 heteroatoms. The second kappa shape index (κ2) is 13.3. The molecule has 2 amide bonds. The van der Waals surface area contributed by atoms with E-state index >= 15 is 4.39 Å². The SMILES string of the molecule is CCC1(CC)C(=O)N(c2cccc(F)c2O)[C@H]1c1cc(F)c(N2CCC(CN3CCN(C(=O)OC(C)(C)C)CC3)CC2)cc1OC. The van der Waals surface area contributed by atoms with Crippen LogP contribution >= 0.6 is 0 Å². The highest BCUT2D eigenvalue weighted by Crippen LogP contribution is 2.59. The summed E-state index contributed by atoms with van der Waals surface area (Å²) in [6.45, 7) is 14.7. The van der Waals surface area contributed by atoms with E-state index in [-0.39, 0.29) is 17.7 Å². The third kappa shape index (κ3) is 6.35. The smallest absolute Gasteiger partial charge is 0.410 e. The van der Waals surface area contributed by atoms with Crippen molar-refractivity contribution in [3.8, 4) is 11.5 Å². The molecular weight excluding hydrogens is 594 g/mol. The maximum Gasteiger partial charge on any atom is 0.410 e. The fourth-order valence-electron chi connectivity index (χ4n) is 7.33. The number of hydrogen-bond acceptors (Lipinski definition) is 7. The number of carbonyl (C=O) groups is 2. The molecule has 252 valence electrons. The second-order valence-corrected chi connectivity index (χ2v) is 13.8. The van der Waals surface area contributed by atoms with Gasteiger partial charge in [0.05, 0.1) is 29.9 Å². The topological polar surface area (TPSA) is 85.8 Å². The molecular formula is C35H48F2N4O5. The van der Waals surface area contributed by atoms with Crippen LogP contribution in [-0.2, 0) is 9.53 Å². The Morgan fingerprint density at radius 2 is 1.63 bits per heavy atom. The Morgan fingerprint density at radius 3 is 2.22 bits per heavy atom. The van der Waals surface area contributed by atoms with Crippen molar-refractivity contribution in [2.24, 2.45) is 11.3 Å². The Hall–Kier alpha value is -3.60. The number of nitrogens with zero attached hydrogens (tertiary/aromatic N) is 4. The molecule has 2 aromatic rings. The largest absolute Gasteiger partial charge is 0.503 e. The van der Waals surface area contributed by atoms with E-state index in [0.29, 0.717) is 61.9 Å². The van der Waals surface area contributed by atoms with Crippen LogP contribution in [0.5, 0.6) is 11.5 Å². The van der Waals surface area contributed by atoms with Gasteiger partial charge in [0.25, 0.3) is 0 Å². The number of methoxy groups -OCH3 is 1. The Balaban J connectivity index is 1.27.